The van der Waals surface area contributed by atoms with Crippen LogP contribution in [0.3, 0.4) is 0 Å². The molecule has 1 aliphatic heterocycles. The summed E-state index contributed by atoms with van der Waals surface area (Å²) >= 11 is 0. The van der Waals surface area contributed by atoms with Gasteiger partial charge in [0.1, 0.15) is 5.82 Å². The van der Waals surface area contributed by atoms with Crippen LogP contribution in [0, 0.1) is 6.92 Å². The SMILES string of the molecule is Cc1cccc(N2CCC[C@@H](S(=O)(=O)NC3CCCC3)C2)n1. The van der Waals surface area contributed by atoms with Crippen molar-refractivity contribution in [3.63, 3.8) is 0 Å². The van der Waals surface area contributed by atoms with Crippen molar-refractivity contribution in [2.24, 2.45) is 0 Å². The van der Waals surface area contributed by atoms with Gasteiger partial charge in [-0.3, -0.25) is 0 Å². The van der Waals surface area contributed by atoms with Crippen LogP contribution < -0.4 is 9.62 Å². The van der Waals surface area contributed by atoms with Gasteiger partial charge in [0.15, 0.2) is 0 Å². The van der Waals surface area contributed by atoms with Gasteiger partial charge in [0.25, 0.3) is 0 Å². The van der Waals surface area contributed by atoms with Gasteiger partial charge in [-0.05, 0) is 44.7 Å². The minimum Gasteiger partial charge on any atom is -0.355 e. The summed E-state index contributed by atoms with van der Waals surface area (Å²) in [6, 6.07) is 6.06. The zero-order valence-electron chi connectivity index (χ0n) is 13.2. The van der Waals surface area contributed by atoms with E-state index < -0.39 is 10.0 Å². The zero-order valence-corrected chi connectivity index (χ0v) is 14.0. The number of nitrogens with one attached hydrogen (secondary N) is 1. The highest BCUT2D eigenvalue weighted by molar-refractivity contribution is 7.90. The van der Waals surface area contributed by atoms with E-state index in [1.807, 2.05) is 25.1 Å². The number of rotatable bonds is 4. The standard InChI is InChI=1S/C16H25N3O2S/c1-13-6-4-10-16(17-13)19-11-5-9-15(12-19)22(20,21)18-14-7-2-3-8-14/h4,6,10,14-15,18H,2-3,5,7-9,11-12H2,1H3/t15-/m1/s1. The number of anilines is 1. The highest BCUT2D eigenvalue weighted by Gasteiger charge is 2.33. The molecule has 122 valence electrons. The maximum absolute atomic E-state index is 12.6. The molecular formula is C16H25N3O2S. The Morgan fingerprint density at radius 1 is 1.18 bits per heavy atom. The fraction of sp³-hybridized carbons (Fsp3) is 0.688. The van der Waals surface area contributed by atoms with E-state index in [1.54, 1.807) is 0 Å². The Bertz CT molecular complexity index is 612. The van der Waals surface area contributed by atoms with Gasteiger partial charge in [0.2, 0.25) is 10.0 Å². The normalized spacial score (nSPS) is 23.9. The quantitative estimate of drug-likeness (QED) is 0.923. The Kier molecular flexibility index (Phi) is 4.68. The minimum atomic E-state index is -3.24. The number of hydrogen-bond acceptors (Lipinski definition) is 4. The molecule has 5 nitrogen and oxygen atoms in total. The van der Waals surface area contributed by atoms with E-state index in [4.69, 9.17) is 0 Å². The Morgan fingerprint density at radius 3 is 2.68 bits per heavy atom. The Hall–Kier alpha value is -1.14. The maximum Gasteiger partial charge on any atom is 0.216 e. The Balaban J connectivity index is 1.69. The largest absolute Gasteiger partial charge is 0.355 e. The minimum absolute atomic E-state index is 0.150. The van der Waals surface area contributed by atoms with Crippen molar-refractivity contribution in [1.29, 1.82) is 0 Å². The zero-order chi connectivity index (χ0) is 15.6. The van der Waals surface area contributed by atoms with E-state index in [0.717, 1.165) is 56.6 Å². The monoisotopic (exact) mass is 323 g/mol. The number of hydrogen-bond donors (Lipinski definition) is 1. The van der Waals surface area contributed by atoms with E-state index in [9.17, 15) is 8.42 Å². The molecular weight excluding hydrogens is 298 g/mol. The van der Waals surface area contributed by atoms with Gasteiger partial charge in [0, 0.05) is 24.8 Å². The van der Waals surface area contributed by atoms with Crippen molar-refractivity contribution >= 4 is 15.8 Å². The van der Waals surface area contributed by atoms with Crippen molar-refractivity contribution in [3.05, 3.63) is 23.9 Å². The molecule has 0 unspecified atom stereocenters. The number of piperidine rings is 1. The molecule has 22 heavy (non-hydrogen) atoms. The van der Waals surface area contributed by atoms with E-state index in [2.05, 4.69) is 14.6 Å². The molecule has 1 saturated carbocycles. The van der Waals surface area contributed by atoms with Gasteiger partial charge in [0.05, 0.1) is 5.25 Å². The fourth-order valence-electron chi connectivity index (χ4n) is 3.48. The van der Waals surface area contributed by atoms with Crippen molar-refractivity contribution in [3.8, 4) is 0 Å². The third kappa shape index (κ3) is 3.60. The second-order valence-electron chi connectivity index (χ2n) is 6.49. The van der Waals surface area contributed by atoms with E-state index in [0.29, 0.717) is 6.54 Å². The van der Waals surface area contributed by atoms with Crippen LogP contribution in [0.15, 0.2) is 18.2 Å². The van der Waals surface area contributed by atoms with Crippen LogP contribution in [-0.2, 0) is 10.0 Å². The molecule has 1 aromatic heterocycles. The van der Waals surface area contributed by atoms with E-state index in [-0.39, 0.29) is 11.3 Å². The molecule has 0 radical (unpaired) electrons. The highest BCUT2D eigenvalue weighted by atomic mass is 32.2. The average molecular weight is 323 g/mol. The van der Waals surface area contributed by atoms with E-state index >= 15 is 0 Å². The first-order valence-electron chi connectivity index (χ1n) is 8.24. The van der Waals surface area contributed by atoms with Gasteiger partial charge < -0.3 is 4.90 Å². The van der Waals surface area contributed by atoms with Crippen LogP contribution >= 0.6 is 0 Å². The lowest BCUT2D eigenvalue weighted by Gasteiger charge is -2.34. The van der Waals surface area contributed by atoms with Crippen molar-refractivity contribution in [1.82, 2.24) is 9.71 Å². The maximum atomic E-state index is 12.6. The number of nitrogens with zero attached hydrogens (tertiary/aromatic N) is 2. The Morgan fingerprint density at radius 2 is 1.95 bits per heavy atom. The van der Waals surface area contributed by atoms with Gasteiger partial charge in [-0.2, -0.15) is 0 Å². The van der Waals surface area contributed by atoms with Crippen molar-refractivity contribution < 1.29 is 8.42 Å². The first-order valence-corrected chi connectivity index (χ1v) is 9.79. The van der Waals surface area contributed by atoms with E-state index in [1.165, 1.54) is 0 Å². The van der Waals surface area contributed by atoms with Crippen molar-refractivity contribution in [2.45, 2.75) is 56.7 Å². The predicted octanol–water partition coefficient (Wildman–Crippen LogP) is 2.22. The second kappa shape index (κ2) is 6.54. The third-order valence-electron chi connectivity index (χ3n) is 4.70. The molecule has 0 amide bonds. The van der Waals surface area contributed by atoms with Gasteiger partial charge in [-0.15, -0.1) is 0 Å². The summed E-state index contributed by atoms with van der Waals surface area (Å²) in [5.74, 6) is 0.890. The molecule has 1 aromatic rings. The molecule has 2 fully saturated rings. The fourth-order valence-corrected chi connectivity index (χ4v) is 5.22. The average Bonchev–Trinajstić information content (AvgIpc) is 3.00. The van der Waals surface area contributed by atoms with Crippen LogP contribution in [0.1, 0.15) is 44.2 Å². The lowest BCUT2D eigenvalue weighted by atomic mass is 10.1. The molecule has 1 saturated heterocycles. The summed E-state index contributed by atoms with van der Waals surface area (Å²) in [6.45, 7) is 3.38. The first kappa shape index (κ1) is 15.7. The Labute approximate surface area is 133 Å². The smallest absolute Gasteiger partial charge is 0.216 e. The molecule has 0 spiro atoms. The first-order chi connectivity index (χ1) is 10.5. The molecule has 2 heterocycles. The molecule has 3 rings (SSSR count). The summed E-state index contributed by atoms with van der Waals surface area (Å²) in [5.41, 5.74) is 0.964. The summed E-state index contributed by atoms with van der Waals surface area (Å²) in [5, 5.41) is -0.329. The summed E-state index contributed by atoms with van der Waals surface area (Å²) in [4.78, 5) is 6.63. The number of aryl methyl sites for hydroxylation is 1. The predicted molar refractivity (Wildman–Crippen MR) is 88.5 cm³/mol. The molecule has 6 heteroatoms. The third-order valence-corrected chi connectivity index (χ3v) is 6.63. The number of aromatic nitrogens is 1. The van der Waals surface area contributed by atoms with Gasteiger partial charge in [-0.1, -0.05) is 18.9 Å². The number of pyridine rings is 1. The highest BCUT2D eigenvalue weighted by Crippen LogP contribution is 2.24. The number of sulfonamides is 1. The van der Waals surface area contributed by atoms with Gasteiger partial charge in [-0.25, -0.2) is 18.1 Å². The van der Waals surface area contributed by atoms with Crippen LogP contribution in [0.25, 0.3) is 0 Å². The molecule has 2 aliphatic rings. The molecule has 0 aromatic carbocycles. The van der Waals surface area contributed by atoms with Crippen LogP contribution in [-0.4, -0.2) is 37.8 Å². The van der Waals surface area contributed by atoms with Crippen LogP contribution in [0.4, 0.5) is 5.82 Å². The van der Waals surface area contributed by atoms with Gasteiger partial charge >= 0.3 is 0 Å². The van der Waals surface area contributed by atoms with Crippen molar-refractivity contribution in [2.75, 3.05) is 18.0 Å². The molecule has 1 aliphatic carbocycles. The van der Waals surface area contributed by atoms with Crippen LogP contribution in [0.5, 0.6) is 0 Å². The summed E-state index contributed by atoms with van der Waals surface area (Å²) in [7, 11) is -3.24. The molecule has 1 atom stereocenters. The lowest BCUT2D eigenvalue weighted by molar-refractivity contribution is 0.505. The lowest BCUT2D eigenvalue weighted by Crippen LogP contribution is -2.48. The molecule has 1 N–H and O–H groups in total. The summed E-state index contributed by atoms with van der Waals surface area (Å²) < 4.78 is 28.2. The summed E-state index contributed by atoms with van der Waals surface area (Å²) in [6.07, 6.45) is 5.87. The van der Waals surface area contributed by atoms with Crippen LogP contribution in [0.2, 0.25) is 0 Å². The second-order valence-corrected chi connectivity index (χ2v) is 8.48. The molecule has 0 bridgehead atoms. The topological polar surface area (TPSA) is 62.3 Å².